The van der Waals surface area contributed by atoms with Crippen LogP contribution < -0.4 is 5.32 Å². The molecule has 1 amide bonds. The van der Waals surface area contributed by atoms with E-state index in [0.717, 1.165) is 31.4 Å². The van der Waals surface area contributed by atoms with Crippen LogP contribution in [0.4, 0.5) is 0 Å². The zero-order valence-corrected chi connectivity index (χ0v) is 14.8. The van der Waals surface area contributed by atoms with Crippen molar-refractivity contribution in [3.05, 3.63) is 48.5 Å². The van der Waals surface area contributed by atoms with Crippen LogP contribution in [0.1, 0.15) is 25.7 Å². The van der Waals surface area contributed by atoms with E-state index in [9.17, 15) is 9.59 Å². The molecule has 0 spiro atoms. The Bertz CT molecular complexity index is 900. The van der Waals surface area contributed by atoms with Gasteiger partial charge in [-0.15, -0.1) is 10.2 Å². The van der Waals surface area contributed by atoms with Gasteiger partial charge >= 0.3 is 0 Å². The zero-order valence-electron chi connectivity index (χ0n) is 14.0. The van der Waals surface area contributed by atoms with Crippen molar-refractivity contribution in [2.75, 3.05) is 0 Å². The average molecular weight is 367 g/mol. The number of rotatable bonds is 6. The summed E-state index contributed by atoms with van der Waals surface area (Å²) in [4.78, 5) is 28.4. The first-order chi connectivity index (χ1) is 12.7. The molecule has 1 saturated carbocycles. The molecule has 2 aliphatic carbocycles. The van der Waals surface area contributed by atoms with Gasteiger partial charge in [0.15, 0.2) is 11.0 Å². The maximum absolute atomic E-state index is 12.7. The minimum atomic E-state index is -0.581. The molecule has 2 aromatic rings. The van der Waals surface area contributed by atoms with Crippen molar-refractivity contribution in [3.63, 3.8) is 0 Å². The summed E-state index contributed by atoms with van der Waals surface area (Å²) in [7, 11) is 0. The van der Waals surface area contributed by atoms with E-state index >= 15 is 0 Å². The number of allylic oxidation sites excluding steroid dienone is 4. The highest BCUT2D eigenvalue weighted by Crippen LogP contribution is 2.51. The van der Waals surface area contributed by atoms with Gasteiger partial charge in [-0.25, -0.2) is 4.57 Å². The largest absolute Gasteiger partial charge is 0.329 e. The van der Waals surface area contributed by atoms with Gasteiger partial charge in [0.25, 0.3) is 0 Å². The van der Waals surface area contributed by atoms with Crippen molar-refractivity contribution in [2.45, 2.75) is 35.6 Å². The Balaban J connectivity index is 1.54. The quantitative estimate of drug-likeness (QED) is 0.789. The Morgan fingerprint density at radius 3 is 2.88 bits per heavy atom. The standard InChI is InChI=1S/C18H17N5O2S/c24-12-23-15(13-5-4-10-19-11-13)21-22-17(23)26-18(8-9-18)16(25)20-14-6-2-1-3-7-14/h1-2,4-6,10-12H,3,7-9H2,(H,20,25). The fraction of sp³-hybridized carbons (Fsp3) is 0.278. The second-order valence-corrected chi connectivity index (χ2v) is 7.58. The topological polar surface area (TPSA) is 89.8 Å². The Morgan fingerprint density at radius 2 is 2.23 bits per heavy atom. The van der Waals surface area contributed by atoms with Gasteiger partial charge in [0, 0.05) is 23.7 Å². The number of amides is 1. The Kier molecular flexibility index (Phi) is 4.42. The second-order valence-electron chi connectivity index (χ2n) is 6.23. The normalized spacial score (nSPS) is 17.5. The third-order valence-corrected chi connectivity index (χ3v) is 5.83. The molecule has 0 aliphatic heterocycles. The third kappa shape index (κ3) is 3.20. The number of carbonyl (C=O) groups is 2. The van der Waals surface area contributed by atoms with E-state index in [-0.39, 0.29) is 5.91 Å². The second kappa shape index (κ2) is 6.87. The highest BCUT2D eigenvalue weighted by molar-refractivity contribution is 8.01. The van der Waals surface area contributed by atoms with E-state index in [0.29, 0.717) is 23.0 Å². The highest BCUT2D eigenvalue weighted by atomic mass is 32.2. The van der Waals surface area contributed by atoms with Crippen molar-refractivity contribution < 1.29 is 9.59 Å². The summed E-state index contributed by atoms with van der Waals surface area (Å²) >= 11 is 1.30. The SMILES string of the molecule is O=Cn1c(SC2(C(=O)NC3=CC=CCC3)CC2)nnc1-c1cccnc1. The van der Waals surface area contributed by atoms with E-state index in [1.54, 1.807) is 18.5 Å². The van der Waals surface area contributed by atoms with E-state index < -0.39 is 4.75 Å². The molecule has 4 rings (SSSR count). The molecule has 26 heavy (non-hydrogen) atoms. The minimum absolute atomic E-state index is 0.0348. The monoisotopic (exact) mass is 367 g/mol. The van der Waals surface area contributed by atoms with Crippen LogP contribution in [0.5, 0.6) is 0 Å². The van der Waals surface area contributed by atoms with E-state index in [1.807, 2.05) is 18.2 Å². The van der Waals surface area contributed by atoms with E-state index in [2.05, 4.69) is 26.6 Å². The van der Waals surface area contributed by atoms with Crippen LogP contribution in [0.2, 0.25) is 0 Å². The fourth-order valence-electron chi connectivity index (χ4n) is 2.76. The molecule has 0 radical (unpaired) electrons. The maximum Gasteiger partial charge on any atom is 0.240 e. The molecule has 132 valence electrons. The average Bonchev–Trinajstić information content (AvgIpc) is 3.36. The number of nitrogens with one attached hydrogen (secondary N) is 1. The first-order valence-electron chi connectivity index (χ1n) is 8.39. The van der Waals surface area contributed by atoms with Gasteiger partial charge in [-0.2, -0.15) is 0 Å². The van der Waals surface area contributed by atoms with Gasteiger partial charge in [-0.3, -0.25) is 14.6 Å². The fourth-order valence-corrected chi connectivity index (χ4v) is 3.87. The number of pyridine rings is 1. The zero-order chi connectivity index (χ0) is 18.0. The molecule has 1 N–H and O–H groups in total. The molecule has 2 heterocycles. The first-order valence-corrected chi connectivity index (χ1v) is 9.20. The molecular weight excluding hydrogens is 350 g/mol. The van der Waals surface area contributed by atoms with Gasteiger partial charge < -0.3 is 5.32 Å². The van der Waals surface area contributed by atoms with Crippen LogP contribution >= 0.6 is 11.8 Å². The summed E-state index contributed by atoms with van der Waals surface area (Å²) in [5.74, 6) is 0.388. The van der Waals surface area contributed by atoms with Gasteiger partial charge in [0.2, 0.25) is 12.3 Å². The van der Waals surface area contributed by atoms with E-state index in [1.165, 1.54) is 16.3 Å². The molecule has 0 bridgehead atoms. The van der Waals surface area contributed by atoms with Gasteiger partial charge in [-0.1, -0.05) is 23.9 Å². The molecule has 0 atom stereocenters. The van der Waals surface area contributed by atoms with Gasteiger partial charge in [0.1, 0.15) is 4.75 Å². The van der Waals surface area contributed by atoms with E-state index in [4.69, 9.17) is 0 Å². The third-order valence-electron chi connectivity index (χ3n) is 4.38. The van der Waals surface area contributed by atoms with Gasteiger partial charge in [-0.05, 0) is 43.9 Å². The summed E-state index contributed by atoms with van der Waals surface area (Å²) in [5, 5.41) is 11.7. The predicted octanol–water partition coefficient (Wildman–Crippen LogP) is 2.35. The lowest BCUT2D eigenvalue weighted by molar-refractivity contribution is -0.120. The molecule has 0 unspecified atom stereocenters. The lowest BCUT2D eigenvalue weighted by atomic mass is 10.1. The lowest BCUT2D eigenvalue weighted by Crippen LogP contribution is -2.34. The summed E-state index contributed by atoms with van der Waals surface area (Å²) in [5.41, 5.74) is 1.63. The van der Waals surface area contributed by atoms with Crippen LogP contribution in [-0.2, 0) is 9.59 Å². The molecule has 7 nitrogen and oxygen atoms in total. The molecular formula is C18H17N5O2S. The summed E-state index contributed by atoms with van der Waals surface area (Å²) < 4.78 is 0.791. The van der Waals surface area contributed by atoms with Crippen LogP contribution in [0.25, 0.3) is 11.4 Å². The Morgan fingerprint density at radius 1 is 1.35 bits per heavy atom. The number of hydrogen-bond acceptors (Lipinski definition) is 6. The molecule has 0 aromatic carbocycles. The molecule has 0 saturated heterocycles. The van der Waals surface area contributed by atoms with Crippen LogP contribution in [-0.4, -0.2) is 36.8 Å². The number of thioether (sulfide) groups is 1. The first kappa shape index (κ1) is 16.7. The van der Waals surface area contributed by atoms with Crippen molar-refractivity contribution in [1.82, 2.24) is 25.1 Å². The molecule has 1 fully saturated rings. The van der Waals surface area contributed by atoms with Crippen molar-refractivity contribution in [3.8, 4) is 11.4 Å². The summed E-state index contributed by atoms with van der Waals surface area (Å²) in [6.07, 6.45) is 13.2. The van der Waals surface area contributed by atoms with Crippen LogP contribution in [0.15, 0.2) is 53.6 Å². The van der Waals surface area contributed by atoms with Crippen molar-refractivity contribution in [2.24, 2.45) is 0 Å². The predicted molar refractivity (Wildman–Crippen MR) is 97.8 cm³/mol. The maximum atomic E-state index is 12.7. The van der Waals surface area contributed by atoms with Gasteiger partial charge in [0.05, 0.1) is 0 Å². The van der Waals surface area contributed by atoms with Crippen LogP contribution in [0, 0.1) is 0 Å². The smallest absolute Gasteiger partial charge is 0.240 e. The molecule has 2 aliphatic rings. The van der Waals surface area contributed by atoms with Crippen molar-refractivity contribution >= 4 is 24.1 Å². The number of aromatic nitrogens is 4. The lowest BCUT2D eigenvalue weighted by Gasteiger charge is -2.17. The van der Waals surface area contributed by atoms with Crippen LogP contribution in [0.3, 0.4) is 0 Å². The number of carbonyl (C=O) groups excluding carboxylic acids is 2. The number of nitrogens with zero attached hydrogens (tertiary/aromatic N) is 4. The molecule has 8 heteroatoms. The highest BCUT2D eigenvalue weighted by Gasteiger charge is 2.52. The Hall–Kier alpha value is -2.74. The Labute approximate surface area is 154 Å². The molecule has 2 aromatic heterocycles. The number of hydrogen-bond donors (Lipinski definition) is 1. The minimum Gasteiger partial charge on any atom is -0.329 e. The summed E-state index contributed by atoms with van der Waals surface area (Å²) in [6.45, 7) is 0. The summed E-state index contributed by atoms with van der Waals surface area (Å²) in [6, 6.07) is 3.59. The van der Waals surface area contributed by atoms with Crippen molar-refractivity contribution in [1.29, 1.82) is 0 Å².